The van der Waals surface area contributed by atoms with E-state index < -0.39 is 32.5 Å². The molecular weight excluding hydrogens is 651 g/mol. The molecule has 286 valence electrons. The maximum absolute atomic E-state index is 12.4. The monoisotopic (exact) mass is 720 g/mol. The van der Waals surface area contributed by atoms with E-state index >= 15 is 0 Å². The van der Waals surface area contributed by atoms with Crippen molar-refractivity contribution in [2.24, 2.45) is 0 Å². The summed E-state index contributed by atoms with van der Waals surface area (Å²) >= 11 is 0. The molecule has 0 spiro atoms. The van der Waals surface area contributed by atoms with Crippen LogP contribution in [0.5, 0.6) is 0 Å². The normalized spacial score (nSPS) is 13.3. The number of esters is 2. The summed E-state index contributed by atoms with van der Waals surface area (Å²) < 4.78 is 26.3. The SMILES string of the molecule is CC/C=C/C/C=C/C/C=C/CCCCCCCC(=O)O[C@H](COC(=O)CCC/C=C/C/C=C/C/C=C/CCCCCCCC)COP(=O)(O)O. The molecular formula is C41H69O8P. The van der Waals surface area contributed by atoms with Crippen LogP contribution >= 0.6 is 7.82 Å². The minimum Gasteiger partial charge on any atom is -0.462 e. The number of phosphoric acid groups is 1. The molecule has 0 unspecified atom stereocenters. The Morgan fingerprint density at radius 1 is 0.540 bits per heavy atom. The molecule has 0 saturated carbocycles. The van der Waals surface area contributed by atoms with E-state index in [1.54, 1.807) is 0 Å². The average Bonchev–Trinajstić information content (AvgIpc) is 3.08. The number of phosphoric ester groups is 1. The molecule has 8 nitrogen and oxygen atoms in total. The summed E-state index contributed by atoms with van der Waals surface area (Å²) in [5.41, 5.74) is 0. The van der Waals surface area contributed by atoms with Crippen LogP contribution in [-0.2, 0) is 28.2 Å². The van der Waals surface area contributed by atoms with Gasteiger partial charge in [-0.05, 0) is 77.0 Å². The van der Waals surface area contributed by atoms with E-state index in [-0.39, 0.29) is 19.4 Å². The zero-order chi connectivity index (χ0) is 36.8. The minimum absolute atomic E-state index is 0.178. The summed E-state index contributed by atoms with van der Waals surface area (Å²) in [6, 6.07) is 0. The quantitative estimate of drug-likeness (QED) is 0.0292. The van der Waals surface area contributed by atoms with Gasteiger partial charge in [0.15, 0.2) is 6.10 Å². The van der Waals surface area contributed by atoms with Gasteiger partial charge in [-0.1, -0.05) is 138 Å². The predicted octanol–water partition coefficient (Wildman–Crippen LogP) is 11.5. The molecule has 0 fully saturated rings. The molecule has 9 heteroatoms. The summed E-state index contributed by atoms with van der Waals surface area (Å²) in [7, 11) is -4.77. The standard InChI is InChI=1S/C41H69O8P/c1-3-5-7-9-11-13-15-17-19-20-22-23-25-27-29-31-33-35-40(42)47-37-39(38-48-50(44,45)46)49-41(43)36-34-32-30-28-26-24-21-18-16-14-12-10-8-6-4-2/h6,8,12,14,17-19,21-23,27,29,39H,3-5,7,9-11,13,15-16,20,24-26,28,30-38H2,1-2H3,(H2,44,45,46)/b8-6+,14-12+,19-17+,21-18+,23-22+,29-27+/t39-/m1/s1. The Balaban J connectivity index is 4.09. The lowest BCUT2D eigenvalue weighted by molar-refractivity contribution is -0.161. The van der Waals surface area contributed by atoms with Gasteiger partial charge in [-0.15, -0.1) is 0 Å². The number of carbonyl (C=O) groups is 2. The van der Waals surface area contributed by atoms with Crippen LogP contribution in [-0.4, -0.2) is 41.0 Å². The van der Waals surface area contributed by atoms with Crippen molar-refractivity contribution in [2.45, 2.75) is 161 Å². The van der Waals surface area contributed by atoms with E-state index in [9.17, 15) is 14.2 Å². The summed E-state index contributed by atoms with van der Waals surface area (Å²) in [6.07, 6.45) is 46.3. The van der Waals surface area contributed by atoms with Crippen LogP contribution in [0.3, 0.4) is 0 Å². The smallest absolute Gasteiger partial charge is 0.462 e. The summed E-state index contributed by atoms with van der Waals surface area (Å²) in [5, 5.41) is 0. The van der Waals surface area contributed by atoms with E-state index in [1.165, 1.54) is 38.5 Å². The Morgan fingerprint density at radius 2 is 0.980 bits per heavy atom. The molecule has 0 saturated heterocycles. The van der Waals surface area contributed by atoms with Crippen LogP contribution in [0.15, 0.2) is 72.9 Å². The highest BCUT2D eigenvalue weighted by atomic mass is 31.2. The highest BCUT2D eigenvalue weighted by Gasteiger charge is 2.22. The van der Waals surface area contributed by atoms with Gasteiger partial charge in [0, 0.05) is 12.8 Å². The van der Waals surface area contributed by atoms with Crippen LogP contribution in [0.25, 0.3) is 0 Å². The maximum atomic E-state index is 12.4. The Morgan fingerprint density at radius 3 is 1.50 bits per heavy atom. The fourth-order valence-electron chi connectivity index (χ4n) is 4.87. The first kappa shape index (κ1) is 47.5. The van der Waals surface area contributed by atoms with Gasteiger partial charge in [0.25, 0.3) is 0 Å². The van der Waals surface area contributed by atoms with Crippen molar-refractivity contribution in [3.63, 3.8) is 0 Å². The largest absolute Gasteiger partial charge is 0.469 e. The van der Waals surface area contributed by atoms with Crippen molar-refractivity contribution in [3.8, 4) is 0 Å². The van der Waals surface area contributed by atoms with Gasteiger partial charge in [-0.3, -0.25) is 14.1 Å². The molecule has 50 heavy (non-hydrogen) atoms. The number of hydrogen-bond acceptors (Lipinski definition) is 6. The van der Waals surface area contributed by atoms with Gasteiger partial charge in [0.05, 0.1) is 6.61 Å². The molecule has 0 aliphatic heterocycles. The van der Waals surface area contributed by atoms with Crippen LogP contribution in [0.1, 0.15) is 155 Å². The number of ether oxygens (including phenoxy) is 2. The third kappa shape index (κ3) is 38.3. The maximum Gasteiger partial charge on any atom is 0.469 e. The average molecular weight is 721 g/mol. The number of unbranched alkanes of at least 4 members (excludes halogenated alkanes) is 12. The number of carbonyl (C=O) groups excluding carboxylic acids is 2. The topological polar surface area (TPSA) is 119 Å². The van der Waals surface area contributed by atoms with Gasteiger partial charge in [-0.2, -0.15) is 0 Å². The Kier molecular flexibility index (Phi) is 34.5. The summed E-state index contributed by atoms with van der Waals surface area (Å²) in [6.45, 7) is 3.49. The van der Waals surface area contributed by atoms with Gasteiger partial charge in [0.1, 0.15) is 6.61 Å². The molecule has 0 radical (unpaired) electrons. The van der Waals surface area contributed by atoms with Crippen LogP contribution < -0.4 is 0 Å². The van der Waals surface area contributed by atoms with E-state index in [1.807, 2.05) is 6.08 Å². The lowest BCUT2D eigenvalue weighted by Crippen LogP contribution is -2.29. The van der Waals surface area contributed by atoms with E-state index in [4.69, 9.17) is 19.3 Å². The van der Waals surface area contributed by atoms with E-state index in [0.717, 1.165) is 77.0 Å². The molecule has 0 amide bonds. The number of rotatable bonds is 34. The zero-order valence-corrected chi connectivity index (χ0v) is 32.2. The molecule has 0 aliphatic rings. The van der Waals surface area contributed by atoms with Gasteiger partial charge >= 0.3 is 19.8 Å². The molecule has 2 N–H and O–H groups in total. The first-order valence-electron chi connectivity index (χ1n) is 19.2. The van der Waals surface area contributed by atoms with Crippen molar-refractivity contribution >= 4 is 19.8 Å². The van der Waals surface area contributed by atoms with E-state index in [2.05, 4.69) is 85.2 Å². The second kappa shape index (κ2) is 36.3. The molecule has 0 aromatic carbocycles. The van der Waals surface area contributed by atoms with Crippen molar-refractivity contribution in [1.82, 2.24) is 0 Å². The predicted molar refractivity (Wildman–Crippen MR) is 207 cm³/mol. The van der Waals surface area contributed by atoms with E-state index in [0.29, 0.717) is 12.8 Å². The van der Waals surface area contributed by atoms with Crippen LogP contribution in [0, 0.1) is 0 Å². The Hall–Kier alpha value is -2.51. The van der Waals surface area contributed by atoms with Crippen molar-refractivity contribution in [2.75, 3.05) is 13.2 Å². The highest BCUT2D eigenvalue weighted by molar-refractivity contribution is 7.46. The number of hydrogen-bond donors (Lipinski definition) is 2. The highest BCUT2D eigenvalue weighted by Crippen LogP contribution is 2.36. The van der Waals surface area contributed by atoms with Crippen LogP contribution in [0.4, 0.5) is 0 Å². The molecule has 0 bridgehead atoms. The van der Waals surface area contributed by atoms with Crippen molar-refractivity contribution in [3.05, 3.63) is 72.9 Å². The third-order valence-corrected chi connectivity index (χ3v) is 8.19. The second-order valence-corrected chi connectivity index (χ2v) is 13.8. The molecule has 0 aromatic heterocycles. The molecule has 1 atom stereocenters. The Labute approximate surface area is 304 Å². The summed E-state index contributed by atoms with van der Waals surface area (Å²) in [5.74, 6) is -0.973. The third-order valence-electron chi connectivity index (χ3n) is 7.71. The first-order valence-corrected chi connectivity index (χ1v) is 20.8. The number of allylic oxidation sites excluding steroid dienone is 12. The van der Waals surface area contributed by atoms with Gasteiger partial charge < -0.3 is 19.3 Å². The molecule has 0 rings (SSSR count). The lowest BCUT2D eigenvalue weighted by atomic mass is 10.1. The van der Waals surface area contributed by atoms with Gasteiger partial charge in [0.2, 0.25) is 0 Å². The first-order chi connectivity index (χ1) is 24.3. The molecule has 0 aliphatic carbocycles. The van der Waals surface area contributed by atoms with Crippen LogP contribution in [0.2, 0.25) is 0 Å². The lowest BCUT2D eigenvalue weighted by Gasteiger charge is -2.18. The molecule has 0 heterocycles. The fourth-order valence-corrected chi connectivity index (χ4v) is 5.23. The van der Waals surface area contributed by atoms with Gasteiger partial charge in [-0.25, -0.2) is 4.57 Å². The minimum atomic E-state index is -4.77. The second-order valence-electron chi connectivity index (χ2n) is 12.5. The van der Waals surface area contributed by atoms with Crippen molar-refractivity contribution < 1.29 is 37.9 Å². The zero-order valence-electron chi connectivity index (χ0n) is 31.3. The molecule has 0 aromatic rings. The summed E-state index contributed by atoms with van der Waals surface area (Å²) in [4.78, 5) is 42.7. The van der Waals surface area contributed by atoms with Crippen molar-refractivity contribution in [1.29, 1.82) is 0 Å². The fraction of sp³-hybridized carbons (Fsp3) is 0.659. The Bertz CT molecular complexity index is 1040.